The lowest BCUT2D eigenvalue weighted by atomic mass is 10.2. The molecule has 1 atom stereocenters. The van der Waals surface area contributed by atoms with Crippen LogP contribution in [-0.2, 0) is 19.6 Å². The summed E-state index contributed by atoms with van der Waals surface area (Å²) in [6, 6.07) is -0.322. The zero-order valence-electron chi connectivity index (χ0n) is 10.5. The molecule has 1 unspecified atom stereocenters. The summed E-state index contributed by atoms with van der Waals surface area (Å²) in [5, 5.41) is 8.73. The van der Waals surface area contributed by atoms with Crippen molar-refractivity contribution >= 4 is 16.0 Å². The van der Waals surface area contributed by atoms with Gasteiger partial charge in [-0.3, -0.25) is 4.79 Å². The highest BCUT2D eigenvalue weighted by Crippen LogP contribution is 2.10. The normalized spacial score (nSPS) is 13.9. The quantitative estimate of drug-likeness (QED) is 0.616. The van der Waals surface area contributed by atoms with E-state index in [9.17, 15) is 13.2 Å². The number of rotatable bonds is 9. The minimum Gasteiger partial charge on any atom is -0.480 e. The third-order valence-electron chi connectivity index (χ3n) is 2.42. The Bertz CT molecular complexity index is 328. The molecule has 6 nitrogen and oxygen atoms in total. The van der Waals surface area contributed by atoms with E-state index in [-0.39, 0.29) is 18.4 Å². The van der Waals surface area contributed by atoms with Crippen LogP contribution in [0.4, 0.5) is 0 Å². The average Bonchev–Trinajstić information content (AvgIpc) is 2.24. The molecule has 17 heavy (non-hydrogen) atoms. The maximum absolute atomic E-state index is 11.9. The first-order valence-electron chi connectivity index (χ1n) is 5.64. The fourth-order valence-electron chi connectivity index (χ4n) is 1.29. The molecule has 0 fully saturated rings. The minimum atomic E-state index is -3.57. The number of carbonyl (C=O) groups is 1. The van der Waals surface area contributed by atoms with Gasteiger partial charge in [0.2, 0.25) is 10.0 Å². The van der Waals surface area contributed by atoms with Gasteiger partial charge in [-0.2, -0.15) is 4.31 Å². The molecule has 0 aromatic rings. The van der Waals surface area contributed by atoms with Crippen molar-refractivity contribution in [3.05, 3.63) is 0 Å². The topological polar surface area (TPSA) is 83.9 Å². The molecule has 0 bridgehead atoms. The van der Waals surface area contributed by atoms with E-state index in [1.54, 1.807) is 13.8 Å². The Morgan fingerprint density at radius 2 is 2.00 bits per heavy atom. The van der Waals surface area contributed by atoms with Crippen molar-refractivity contribution in [3.63, 3.8) is 0 Å². The molecule has 102 valence electrons. The molecule has 0 spiro atoms. The first-order chi connectivity index (χ1) is 7.85. The van der Waals surface area contributed by atoms with E-state index < -0.39 is 22.5 Å². The summed E-state index contributed by atoms with van der Waals surface area (Å²) in [5.74, 6) is -1.33. The van der Waals surface area contributed by atoms with E-state index in [1.165, 1.54) is 0 Å². The van der Waals surface area contributed by atoms with Crippen LogP contribution in [0.2, 0.25) is 0 Å². The van der Waals surface area contributed by atoms with E-state index in [1.807, 2.05) is 6.92 Å². The number of hydrogen-bond acceptors (Lipinski definition) is 4. The van der Waals surface area contributed by atoms with Gasteiger partial charge in [0, 0.05) is 12.6 Å². The molecule has 0 radical (unpaired) electrons. The van der Waals surface area contributed by atoms with Gasteiger partial charge in [-0.15, -0.1) is 0 Å². The zero-order chi connectivity index (χ0) is 13.5. The first kappa shape index (κ1) is 16.3. The van der Waals surface area contributed by atoms with Crippen LogP contribution in [0.5, 0.6) is 0 Å². The second-order valence-corrected chi connectivity index (χ2v) is 5.75. The Kier molecular flexibility index (Phi) is 7.33. The fraction of sp³-hybridized carbons (Fsp3) is 0.900. The molecule has 0 aliphatic heterocycles. The van der Waals surface area contributed by atoms with Gasteiger partial charge in [0.15, 0.2) is 0 Å². The molecule has 0 heterocycles. The van der Waals surface area contributed by atoms with Gasteiger partial charge in [-0.05, 0) is 20.3 Å². The second-order valence-electron chi connectivity index (χ2n) is 3.71. The van der Waals surface area contributed by atoms with Gasteiger partial charge in [-0.1, -0.05) is 6.92 Å². The van der Waals surface area contributed by atoms with E-state index in [0.717, 1.165) is 4.31 Å². The van der Waals surface area contributed by atoms with Gasteiger partial charge in [0.1, 0.15) is 6.54 Å². The summed E-state index contributed by atoms with van der Waals surface area (Å²) >= 11 is 0. The van der Waals surface area contributed by atoms with E-state index in [4.69, 9.17) is 9.84 Å². The van der Waals surface area contributed by atoms with Gasteiger partial charge in [0.05, 0.1) is 12.4 Å². The zero-order valence-corrected chi connectivity index (χ0v) is 11.4. The largest absolute Gasteiger partial charge is 0.480 e. The summed E-state index contributed by atoms with van der Waals surface area (Å²) in [4.78, 5) is 10.7. The number of ether oxygens (including phenoxy) is 1. The Hall–Kier alpha value is -0.660. The van der Waals surface area contributed by atoms with Crippen molar-refractivity contribution in [1.29, 1.82) is 0 Å². The van der Waals surface area contributed by atoms with Gasteiger partial charge in [0.25, 0.3) is 0 Å². The number of carboxylic acids is 1. The summed E-state index contributed by atoms with van der Waals surface area (Å²) in [6.45, 7) is 5.32. The molecule has 1 N–H and O–H groups in total. The van der Waals surface area contributed by atoms with Crippen molar-refractivity contribution < 1.29 is 23.1 Å². The highest BCUT2D eigenvalue weighted by Gasteiger charge is 2.28. The summed E-state index contributed by atoms with van der Waals surface area (Å²) in [7, 11) is -3.57. The van der Waals surface area contributed by atoms with Gasteiger partial charge in [-0.25, -0.2) is 8.42 Å². The van der Waals surface area contributed by atoms with Crippen LogP contribution in [0, 0.1) is 0 Å². The van der Waals surface area contributed by atoms with Crippen LogP contribution in [0.3, 0.4) is 0 Å². The van der Waals surface area contributed by atoms with Crippen molar-refractivity contribution in [3.8, 4) is 0 Å². The van der Waals surface area contributed by atoms with Crippen molar-refractivity contribution in [2.45, 2.75) is 33.2 Å². The summed E-state index contributed by atoms with van der Waals surface area (Å²) in [5.41, 5.74) is 0. The monoisotopic (exact) mass is 267 g/mol. The molecule has 0 saturated heterocycles. The fourth-order valence-corrected chi connectivity index (χ4v) is 2.86. The maximum atomic E-state index is 11.9. The number of aliphatic carboxylic acids is 1. The Labute approximate surface area is 103 Å². The van der Waals surface area contributed by atoms with Crippen molar-refractivity contribution in [1.82, 2.24) is 4.31 Å². The van der Waals surface area contributed by atoms with Crippen LogP contribution in [0.25, 0.3) is 0 Å². The Balaban J connectivity index is 4.70. The van der Waals surface area contributed by atoms with Crippen molar-refractivity contribution in [2.75, 3.05) is 25.5 Å². The lowest BCUT2D eigenvalue weighted by Crippen LogP contribution is -2.43. The molecular weight excluding hydrogens is 246 g/mol. The lowest BCUT2D eigenvalue weighted by molar-refractivity contribution is -0.137. The first-order valence-corrected chi connectivity index (χ1v) is 7.25. The van der Waals surface area contributed by atoms with E-state index in [2.05, 4.69) is 0 Å². The predicted molar refractivity (Wildman–Crippen MR) is 64.4 cm³/mol. The molecule has 0 aliphatic rings. The van der Waals surface area contributed by atoms with E-state index in [0.29, 0.717) is 13.0 Å². The van der Waals surface area contributed by atoms with Gasteiger partial charge >= 0.3 is 5.97 Å². The smallest absolute Gasteiger partial charge is 0.318 e. The summed E-state index contributed by atoms with van der Waals surface area (Å²) in [6.07, 6.45) is 0.571. The third kappa shape index (κ3) is 5.99. The predicted octanol–water partition coefficient (Wildman–Crippen LogP) is 0.538. The Morgan fingerprint density at radius 1 is 1.41 bits per heavy atom. The number of sulfonamides is 1. The van der Waals surface area contributed by atoms with E-state index >= 15 is 0 Å². The molecule has 7 heteroatoms. The number of hydrogen-bond donors (Lipinski definition) is 1. The van der Waals surface area contributed by atoms with Crippen LogP contribution >= 0.6 is 0 Å². The van der Waals surface area contributed by atoms with Crippen LogP contribution in [0.15, 0.2) is 0 Å². The number of nitrogens with zero attached hydrogens (tertiary/aromatic N) is 1. The van der Waals surface area contributed by atoms with Gasteiger partial charge < -0.3 is 9.84 Å². The third-order valence-corrected chi connectivity index (χ3v) is 4.31. The summed E-state index contributed by atoms with van der Waals surface area (Å²) < 4.78 is 29.9. The highest BCUT2D eigenvalue weighted by atomic mass is 32.2. The maximum Gasteiger partial charge on any atom is 0.318 e. The molecule has 0 rings (SSSR count). The molecule has 0 aliphatic carbocycles. The SMILES string of the molecule is CCOCCS(=O)(=O)N(CC(=O)O)C(C)CC. The lowest BCUT2D eigenvalue weighted by Gasteiger charge is -2.25. The molecule has 0 aromatic heterocycles. The molecule has 0 saturated carbocycles. The highest BCUT2D eigenvalue weighted by molar-refractivity contribution is 7.89. The minimum absolute atomic E-state index is 0.0887. The average molecular weight is 267 g/mol. The Morgan fingerprint density at radius 3 is 2.41 bits per heavy atom. The molecule has 0 amide bonds. The van der Waals surface area contributed by atoms with Crippen LogP contribution in [-0.4, -0.2) is 55.4 Å². The van der Waals surface area contributed by atoms with Crippen molar-refractivity contribution in [2.24, 2.45) is 0 Å². The molecular formula is C10H21NO5S. The number of carboxylic acid groups (broad SMARTS) is 1. The second kappa shape index (κ2) is 7.62. The van der Waals surface area contributed by atoms with Crippen LogP contribution < -0.4 is 0 Å². The van der Waals surface area contributed by atoms with Crippen LogP contribution in [0.1, 0.15) is 27.2 Å². The standard InChI is InChI=1S/C10H21NO5S/c1-4-9(3)11(8-10(12)13)17(14,15)7-6-16-5-2/h9H,4-8H2,1-3H3,(H,12,13). The molecule has 0 aromatic carbocycles.